The maximum Gasteiger partial charge on any atom is 0.325 e. The van der Waals surface area contributed by atoms with E-state index in [9.17, 15) is 19.2 Å². The van der Waals surface area contributed by atoms with Crippen LogP contribution in [0.3, 0.4) is 0 Å². The molecule has 0 aromatic rings. The van der Waals surface area contributed by atoms with E-state index in [0.717, 1.165) is 0 Å². The van der Waals surface area contributed by atoms with E-state index in [1.807, 2.05) is 5.32 Å². The van der Waals surface area contributed by atoms with Gasteiger partial charge in [0.1, 0.15) is 18.1 Å². The van der Waals surface area contributed by atoms with Gasteiger partial charge in [-0.1, -0.05) is 0 Å². The van der Waals surface area contributed by atoms with Gasteiger partial charge >= 0.3 is 11.9 Å². The highest BCUT2D eigenvalue weighted by Gasteiger charge is 2.29. The molecule has 0 bridgehead atoms. The number of nitrogens with two attached hydrogens (primary N) is 1. The fourth-order valence-corrected chi connectivity index (χ4v) is 1.25. The van der Waals surface area contributed by atoms with Crippen molar-refractivity contribution in [2.75, 3.05) is 0 Å². The van der Waals surface area contributed by atoms with Crippen molar-refractivity contribution in [2.45, 2.75) is 44.5 Å². The monoisotopic (exact) mass is 305 g/mol. The van der Waals surface area contributed by atoms with Crippen LogP contribution in [0.1, 0.15) is 20.3 Å². The SMILES string of the molecule is CC(NC(=O)C(CC(=O)O)NC(=O)C(N)C(C)O)C(=O)O. The molecule has 0 rings (SSSR count). The minimum absolute atomic E-state index is 0.754. The molecule has 2 amide bonds. The molecule has 0 fully saturated rings. The number of hydrogen-bond acceptors (Lipinski definition) is 6. The Morgan fingerprint density at radius 3 is 1.95 bits per heavy atom. The van der Waals surface area contributed by atoms with E-state index in [4.69, 9.17) is 21.1 Å². The zero-order chi connectivity index (χ0) is 16.7. The number of carbonyl (C=O) groups excluding carboxylic acids is 2. The third kappa shape index (κ3) is 6.68. The van der Waals surface area contributed by atoms with Crippen LogP contribution in [-0.4, -0.2) is 63.3 Å². The normalized spacial score (nSPS) is 16.2. The summed E-state index contributed by atoms with van der Waals surface area (Å²) in [5.41, 5.74) is 5.35. The Morgan fingerprint density at radius 2 is 1.57 bits per heavy atom. The average Bonchev–Trinajstić information content (AvgIpc) is 2.35. The maximum atomic E-state index is 11.8. The molecule has 10 nitrogen and oxygen atoms in total. The highest BCUT2D eigenvalue weighted by atomic mass is 16.4. The van der Waals surface area contributed by atoms with Crippen molar-refractivity contribution < 1.29 is 34.5 Å². The fraction of sp³-hybridized carbons (Fsp3) is 0.636. The van der Waals surface area contributed by atoms with E-state index in [1.165, 1.54) is 13.8 Å². The number of rotatable bonds is 8. The maximum absolute atomic E-state index is 11.8. The number of carboxylic acid groups (broad SMARTS) is 2. The van der Waals surface area contributed by atoms with Gasteiger partial charge in [-0.2, -0.15) is 0 Å². The van der Waals surface area contributed by atoms with E-state index in [2.05, 4.69) is 5.32 Å². The van der Waals surface area contributed by atoms with Gasteiger partial charge in [-0.15, -0.1) is 0 Å². The van der Waals surface area contributed by atoms with E-state index in [-0.39, 0.29) is 0 Å². The van der Waals surface area contributed by atoms with Crippen molar-refractivity contribution in [3.05, 3.63) is 0 Å². The molecule has 4 unspecified atom stereocenters. The Morgan fingerprint density at radius 1 is 1.05 bits per heavy atom. The van der Waals surface area contributed by atoms with Gasteiger partial charge in [-0.3, -0.25) is 19.2 Å². The van der Waals surface area contributed by atoms with Crippen LogP contribution in [0.4, 0.5) is 0 Å². The molecule has 0 aliphatic rings. The molecule has 21 heavy (non-hydrogen) atoms. The van der Waals surface area contributed by atoms with Crippen LogP contribution in [0.15, 0.2) is 0 Å². The number of nitrogens with one attached hydrogen (secondary N) is 2. The van der Waals surface area contributed by atoms with Gasteiger partial charge in [0, 0.05) is 0 Å². The third-order valence-corrected chi connectivity index (χ3v) is 2.56. The van der Waals surface area contributed by atoms with E-state index < -0.39 is 54.4 Å². The summed E-state index contributed by atoms with van der Waals surface area (Å²) >= 11 is 0. The second kappa shape index (κ2) is 8.17. The lowest BCUT2D eigenvalue weighted by Crippen LogP contribution is -2.56. The van der Waals surface area contributed by atoms with Crippen molar-refractivity contribution in [3.63, 3.8) is 0 Å². The standard InChI is InChI=1S/C11H19N3O7/c1-4(11(20)21)13-9(18)6(3-7(16)17)14-10(19)8(12)5(2)15/h4-6,8,15H,3,12H2,1-2H3,(H,13,18)(H,14,19)(H,16,17)(H,20,21). The Kier molecular flexibility index (Phi) is 7.31. The number of amides is 2. The molecular formula is C11H19N3O7. The van der Waals surface area contributed by atoms with Crippen molar-refractivity contribution >= 4 is 23.8 Å². The van der Waals surface area contributed by atoms with Gasteiger partial charge < -0.3 is 31.7 Å². The van der Waals surface area contributed by atoms with Crippen molar-refractivity contribution in [3.8, 4) is 0 Å². The molecular weight excluding hydrogens is 286 g/mol. The molecule has 0 heterocycles. The first kappa shape index (κ1) is 18.8. The molecule has 0 aromatic carbocycles. The smallest absolute Gasteiger partial charge is 0.325 e. The molecule has 0 radical (unpaired) electrons. The highest BCUT2D eigenvalue weighted by Crippen LogP contribution is 1.98. The van der Waals surface area contributed by atoms with Gasteiger partial charge in [0.25, 0.3) is 0 Å². The lowest BCUT2D eigenvalue weighted by atomic mass is 10.1. The lowest BCUT2D eigenvalue weighted by Gasteiger charge is -2.21. The van der Waals surface area contributed by atoms with Crippen molar-refractivity contribution in [1.82, 2.24) is 10.6 Å². The molecule has 10 heteroatoms. The molecule has 0 spiro atoms. The Labute approximate surface area is 120 Å². The average molecular weight is 305 g/mol. The van der Waals surface area contributed by atoms with Crippen LogP contribution in [0.5, 0.6) is 0 Å². The summed E-state index contributed by atoms with van der Waals surface area (Å²) in [6, 6.07) is -4.09. The summed E-state index contributed by atoms with van der Waals surface area (Å²) in [4.78, 5) is 44.7. The molecule has 0 aliphatic carbocycles. The van der Waals surface area contributed by atoms with Gasteiger partial charge in [0.2, 0.25) is 11.8 Å². The van der Waals surface area contributed by atoms with Crippen LogP contribution in [0.2, 0.25) is 0 Å². The molecule has 7 N–H and O–H groups in total. The van der Waals surface area contributed by atoms with Crippen molar-refractivity contribution in [2.24, 2.45) is 5.73 Å². The minimum atomic E-state index is -1.50. The second-order valence-corrected chi connectivity index (χ2v) is 4.49. The molecule has 0 saturated carbocycles. The van der Waals surface area contributed by atoms with Crippen LogP contribution in [0.25, 0.3) is 0 Å². The van der Waals surface area contributed by atoms with Crippen LogP contribution >= 0.6 is 0 Å². The molecule has 0 aromatic heterocycles. The highest BCUT2D eigenvalue weighted by molar-refractivity contribution is 5.93. The predicted molar refractivity (Wildman–Crippen MR) is 69.1 cm³/mol. The third-order valence-electron chi connectivity index (χ3n) is 2.56. The van der Waals surface area contributed by atoms with Crippen LogP contribution < -0.4 is 16.4 Å². The predicted octanol–water partition coefficient (Wildman–Crippen LogP) is -2.76. The minimum Gasteiger partial charge on any atom is -0.481 e. The first-order valence-electron chi connectivity index (χ1n) is 6.05. The summed E-state index contributed by atoms with van der Waals surface area (Å²) < 4.78 is 0. The van der Waals surface area contributed by atoms with Gasteiger partial charge in [0.15, 0.2) is 0 Å². The first-order chi connectivity index (χ1) is 9.56. The second-order valence-electron chi connectivity index (χ2n) is 4.49. The number of aliphatic hydroxyl groups excluding tert-OH is 1. The number of aliphatic carboxylic acids is 2. The van der Waals surface area contributed by atoms with Gasteiger partial charge in [0.05, 0.1) is 12.5 Å². The summed E-state index contributed by atoms with van der Waals surface area (Å²) in [6.45, 7) is 2.43. The Hall–Kier alpha value is -2.20. The zero-order valence-electron chi connectivity index (χ0n) is 11.6. The first-order valence-corrected chi connectivity index (χ1v) is 6.05. The number of carbonyl (C=O) groups is 4. The largest absolute Gasteiger partial charge is 0.481 e. The van der Waals surface area contributed by atoms with E-state index in [1.54, 1.807) is 0 Å². The number of hydrogen-bond donors (Lipinski definition) is 6. The van der Waals surface area contributed by atoms with Gasteiger partial charge in [-0.25, -0.2) is 0 Å². The molecule has 4 atom stereocenters. The Balaban J connectivity index is 4.87. The quantitative estimate of drug-likeness (QED) is 0.279. The van der Waals surface area contributed by atoms with E-state index in [0.29, 0.717) is 0 Å². The fourth-order valence-electron chi connectivity index (χ4n) is 1.25. The number of carboxylic acids is 2. The molecule has 0 saturated heterocycles. The topological polar surface area (TPSA) is 179 Å². The summed E-state index contributed by atoms with van der Waals surface area (Å²) in [5.74, 6) is -4.58. The van der Waals surface area contributed by atoms with E-state index >= 15 is 0 Å². The summed E-state index contributed by atoms with van der Waals surface area (Å²) in [6.07, 6.45) is -1.95. The number of aliphatic hydroxyl groups is 1. The summed E-state index contributed by atoms with van der Waals surface area (Å²) in [5, 5.41) is 30.6. The zero-order valence-corrected chi connectivity index (χ0v) is 11.6. The molecule has 120 valence electrons. The van der Waals surface area contributed by atoms with Crippen LogP contribution in [0, 0.1) is 0 Å². The van der Waals surface area contributed by atoms with Gasteiger partial charge in [-0.05, 0) is 13.8 Å². The lowest BCUT2D eigenvalue weighted by molar-refractivity contribution is -0.143. The molecule has 0 aliphatic heterocycles. The van der Waals surface area contributed by atoms with Crippen molar-refractivity contribution in [1.29, 1.82) is 0 Å². The summed E-state index contributed by atoms with van der Waals surface area (Å²) in [7, 11) is 0. The Bertz CT molecular complexity index is 424. The van der Waals surface area contributed by atoms with Crippen LogP contribution in [-0.2, 0) is 19.2 Å².